The van der Waals surface area contributed by atoms with Gasteiger partial charge < -0.3 is 16.2 Å². The molecule has 0 amide bonds. The number of hydrogen-bond donors (Lipinski definition) is 3. The van der Waals surface area contributed by atoms with Gasteiger partial charge in [-0.2, -0.15) is 0 Å². The third-order valence-electron chi connectivity index (χ3n) is 2.88. The van der Waals surface area contributed by atoms with E-state index in [9.17, 15) is 5.11 Å². The first-order valence-corrected chi connectivity index (χ1v) is 5.95. The smallest absolute Gasteiger partial charge is 0.115 e. The minimum absolute atomic E-state index is 0.114. The average molecular weight is 243 g/mol. The number of hydrogen-bond acceptors (Lipinski definition) is 4. The third kappa shape index (κ3) is 2.71. The number of pyridine rings is 1. The maximum atomic E-state index is 9.25. The molecule has 0 radical (unpaired) electrons. The van der Waals surface area contributed by atoms with E-state index in [1.807, 2.05) is 12.1 Å². The van der Waals surface area contributed by atoms with Gasteiger partial charge in [-0.25, -0.2) is 0 Å². The van der Waals surface area contributed by atoms with Crippen LogP contribution in [0.15, 0.2) is 42.7 Å². The molecule has 4 heteroatoms. The summed E-state index contributed by atoms with van der Waals surface area (Å²) in [5, 5.41) is 12.6. The van der Waals surface area contributed by atoms with Crippen LogP contribution in [-0.2, 0) is 0 Å². The van der Waals surface area contributed by atoms with Crippen molar-refractivity contribution in [2.75, 3.05) is 11.1 Å². The molecule has 2 rings (SSSR count). The highest BCUT2D eigenvalue weighted by Gasteiger charge is 2.12. The monoisotopic (exact) mass is 243 g/mol. The van der Waals surface area contributed by atoms with E-state index in [0.29, 0.717) is 0 Å². The number of phenols is 1. The van der Waals surface area contributed by atoms with E-state index < -0.39 is 0 Å². The van der Waals surface area contributed by atoms with Gasteiger partial charge >= 0.3 is 0 Å². The van der Waals surface area contributed by atoms with Crippen molar-refractivity contribution in [3.8, 4) is 5.75 Å². The summed E-state index contributed by atoms with van der Waals surface area (Å²) in [4.78, 5) is 4.11. The second kappa shape index (κ2) is 5.40. The summed E-state index contributed by atoms with van der Waals surface area (Å²) >= 11 is 0. The molecule has 1 aromatic heterocycles. The van der Waals surface area contributed by atoms with Gasteiger partial charge in [0.15, 0.2) is 0 Å². The molecule has 0 aliphatic heterocycles. The lowest BCUT2D eigenvalue weighted by Crippen LogP contribution is -2.12. The van der Waals surface area contributed by atoms with Crippen LogP contribution < -0.4 is 11.1 Å². The predicted molar refractivity (Wildman–Crippen MR) is 73.4 cm³/mol. The minimum atomic E-state index is 0.114. The van der Waals surface area contributed by atoms with Crippen molar-refractivity contribution in [2.45, 2.75) is 19.4 Å². The van der Waals surface area contributed by atoms with E-state index in [1.54, 1.807) is 30.6 Å². The summed E-state index contributed by atoms with van der Waals surface area (Å²) in [7, 11) is 0. The Balaban J connectivity index is 2.20. The lowest BCUT2D eigenvalue weighted by atomic mass is 10.0. The molecular formula is C14H17N3O. The molecule has 1 aromatic carbocycles. The fourth-order valence-electron chi connectivity index (χ4n) is 1.87. The standard InChI is InChI=1S/C14H17N3O/c1-2-14(12-9-16-8-7-13(12)15)17-10-3-5-11(18)6-4-10/h3-9,14,17-18H,2H2,1H3,(H2,15,16). The Morgan fingerprint density at radius 2 is 2.00 bits per heavy atom. The zero-order valence-electron chi connectivity index (χ0n) is 10.3. The minimum Gasteiger partial charge on any atom is -0.508 e. The number of aromatic nitrogens is 1. The lowest BCUT2D eigenvalue weighted by molar-refractivity contribution is 0.475. The topological polar surface area (TPSA) is 71.2 Å². The molecule has 0 aliphatic carbocycles. The van der Waals surface area contributed by atoms with Gasteiger partial charge in [0, 0.05) is 29.3 Å². The van der Waals surface area contributed by atoms with Crippen LogP contribution in [0, 0.1) is 0 Å². The van der Waals surface area contributed by atoms with E-state index >= 15 is 0 Å². The molecule has 4 N–H and O–H groups in total. The Bertz CT molecular complexity index is 511. The first-order valence-electron chi connectivity index (χ1n) is 5.95. The Hall–Kier alpha value is -2.23. The fourth-order valence-corrected chi connectivity index (χ4v) is 1.87. The zero-order chi connectivity index (χ0) is 13.0. The van der Waals surface area contributed by atoms with Crippen LogP contribution in [0.4, 0.5) is 11.4 Å². The zero-order valence-corrected chi connectivity index (χ0v) is 10.3. The van der Waals surface area contributed by atoms with E-state index in [4.69, 9.17) is 5.73 Å². The summed E-state index contributed by atoms with van der Waals surface area (Å²) in [5.41, 5.74) is 8.63. The number of anilines is 2. The largest absolute Gasteiger partial charge is 0.508 e. The molecule has 94 valence electrons. The number of nitrogens with two attached hydrogens (primary N) is 1. The lowest BCUT2D eigenvalue weighted by Gasteiger charge is -2.19. The number of rotatable bonds is 4. The summed E-state index contributed by atoms with van der Waals surface area (Å²) in [6, 6.07) is 8.90. The normalized spacial score (nSPS) is 12.1. The highest BCUT2D eigenvalue weighted by atomic mass is 16.3. The molecule has 0 saturated carbocycles. The number of nitrogen functional groups attached to an aromatic ring is 1. The van der Waals surface area contributed by atoms with E-state index in [0.717, 1.165) is 23.4 Å². The third-order valence-corrected chi connectivity index (χ3v) is 2.88. The summed E-state index contributed by atoms with van der Waals surface area (Å²) < 4.78 is 0. The molecule has 1 heterocycles. The van der Waals surface area contributed by atoms with Crippen LogP contribution in [0.5, 0.6) is 5.75 Å². The highest BCUT2D eigenvalue weighted by molar-refractivity contribution is 5.52. The van der Waals surface area contributed by atoms with Gasteiger partial charge in [-0.1, -0.05) is 6.92 Å². The summed E-state index contributed by atoms with van der Waals surface area (Å²) in [6.07, 6.45) is 4.37. The maximum absolute atomic E-state index is 9.25. The maximum Gasteiger partial charge on any atom is 0.115 e. The molecular weight excluding hydrogens is 226 g/mol. The van der Waals surface area contributed by atoms with Crippen LogP contribution in [0.3, 0.4) is 0 Å². The molecule has 1 unspecified atom stereocenters. The van der Waals surface area contributed by atoms with Gasteiger partial charge in [0.25, 0.3) is 0 Å². The van der Waals surface area contributed by atoms with E-state index in [2.05, 4.69) is 17.2 Å². The Labute approximate surface area is 106 Å². The van der Waals surface area contributed by atoms with Gasteiger partial charge in [-0.15, -0.1) is 0 Å². The fraction of sp³-hybridized carbons (Fsp3) is 0.214. The van der Waals surface area contributed by atoms with Crippen molar-refractivity contribution in [2.24, 2.45) is 0 Å². The van der Waals surface area contributed by atoms with Gasteiger partial charge in [0.05, 0.1) is 6.04 Å². The van der Waals surface area contributed by atoms with E-state index in [-0.39, 0.29) is 11.8 Å². The predicted octanol–water partition coefficient (Wildman–Crippen LogP) is 2.93. The van der Waals surface area contributed by atoms with Crippen LogP contribution >= 0.6 is 0 Å². The first kappa shape index (κ1) is 12.2. The second-order valence-corrected chi connectivity index (χ2v) is 4.16. The second-order valence-electron chi connectivity index (χ2n) is 4.16. The Morgan fingerprint density at radius 3 is 2.61 bits per heavy atom. The van der Waals surface area contributed by atoms with Crippen LogP contribution in [0.2, 0.25) is 0 Å². The van der Waals surface area contributed by atoms with Gasteiger partial charge in [-0.3, -0.25) is 4.98 Å². The molecule has 0 saturated heterocycles. The van der Waals surface area contributed by atoms with Crippen LogP contribution in [-0.4, -0.2) is 10.1 Å². The van der Waals surface area contributed by atoms with Crippen molar-refractivity contribution in [1.82, 2.24) is 4.98 Å². The highest BCUT2D eigenvalue weighted by Crippen LogP contribution is 2.26. The summed E-state index contributed by atoms with van der Waals surface area (Å²) in [5.74, 6) is 0.259. The molecule has 0 aliphatic rings. The Morgan fingerprint density at radius 1 is 1.28 bits per heavy atom. The number of nitrogens with zero attached hydrogens (tertiary/aromatic N) is 1. The molecule has 0 fully saturated rings. The average Bonchev–Trinajstić information content (AvgIpc) is 2.39. The van der Waals surface area contributed by atoms with Crippen molar-refractivity contribution in [3.63, 3.8) is 0 Å². The quantitative estimate of drug-likeness (QED) is 0.722. The van der Waals surface area contributed by atoms with Crippen molar-refractivity contribution < 1.29 is 5.11 Å². The Kier molecular flexibility index (Phi) is 3.67. The first-order chi connectivity index (χ1) is 8.70. The number of aromatic hydroxyl groups is 1. The number of benzene rings is 1. The van der Waals surface area contributed by atoms with Gasteiger partial charge in [-0.05, 0) is 36.8 Å². The molecule has 18 heavy (non-hydrogen) atoms. The van der Waals surface area contributed by atoms with Crippen LogP contribution in [0.1, 0.15) is 24.9 Å². The summed E-state index contributed by atoms with van der Waals surface area (Å²) in [6.45, 7) is 2.09. The van der Waals surface area contributed by atoms with Crippen molar-refractivity contribution in [1.29, 1.82) is 0 Å². The SMILES string of the molecule is CCC(Nc1ccc(O)cc1)c1cnccc1N. The molecule has 1 atom stereocenters. The molecule has 0 spiro atoms. The van der Waals surface area contributed by atoms with Gasteiger partial charge in [0.1, 0.15) is 5.75 Å². The van der Waals surface area contributed by atoms with Crippen molar-refractivity contribution >= 4 is 11.4 Å². The molecule has 2 aromatic rings. The van der Waals surface area contributed by atoms with Crippen molar-refractivity contribution in [3.05, 3.63) is 48.3 Å². The molecule has 4 nitrogen and oxygen atoms in total. The number of phenolic OH excluding ortho intramolecular Hbond substituents is 1. The number of nitrogens with one attached hydrogen (secondary N) is 1. The van der Waals surface area contributed by atoms with E-state index in [1.165, 1.54) is 0 Å². The van der Waals surface area contributed by atoms with Crippen LogP contribution in [0.25, 0.3) is 0 Å². The molecule has 0 bridgehead atoms. The van der Waals surface area contributed by atoms with Gasteiger partial charge in [0.2, 0.25) is 0 Å².